The molecule has 118 valence electrons. The van der Waals surface area contributed by atoms with E-state index in [1.807, 2.05) is 5.48 Å². The molecule has 0 aromatic heterocycles. The third-order valence-corrected chi connectivity index (χ3v) is 2.88. The maximum Gasteiger partial charge on any atom is 0.397 e. The molecule has 1 rings (SSSR count). The number of carbonyl (C=O) groups is 1. The number of carbonyl (C=O) groups excluding carboxylic acids is 1. The predicted octanol–water partition coefficient (Wildman–Crippen LogP) is -3.35. The number of nitrogens with two attached hydrogens (primary N) is 1. The first kappa shape index (κ1) is 17.2. The second kappa shape index (κ2) is 6.73. The molecule has 0 spiro atoms. The largest absolute Gasteiger partial charge is 0.397 e. The Morgan fingerprint density at radius 2 is 2.00 bits per heavy atom. The van der Waals surface area contributed by atoms with Gasteiger partial charge in [0.2, 0.25) is 12.2 Å². The van der Waals surface area contributed by atoms with Gasteiger partial charge in [-0.05, 0) is 0 Å². The average molecular weight is 316 g/mol. The summed E-state index contributed by atoms with van der Waals surface area (Å²) in [5.41, 5.74) is 7.45. The van der Waals surface area contributed by atoms with Gasteiger partial charge in [-0.15, -0.1) is 0 Å². The van der Waals surface area contributed by atoms with Crippen LogP contribution in [0, 0.1) is 0 Å². The van der Waals surface area contributed by atoms with Gasteiger partial charge in [-0.2, -0.15) is 8.42 Å². The first-order valence-electron chi connectivity index (χ1n) is 5.43. The molecule has 1 heterocycles. The highest BCUT2D eigenvalue weighted by molar-refractivity contribution is 7.80. The van der Waals surface area contributed by atoms with Gasteiger partial charge in [0.15, 0.2) is 0 Å². The van der Waals surface area contributed by atoms with Crippen molar-refractivity contribution in [2.45, 2.75) is 37.6 Å². The van der Waals surface area contributed by atoms with Crippen LogP contribution in [0.5, 0.6) is 0 Å². The Balaban J connectivity index is 2.68. The van der Waals surface area contributed by atoms with Crippen molar-refractivity contribution >= 4 is 16.3 Å². The topological polar surface area (TPSA) is 178 Å². The van der Waals surface area contributed by atoms with Crippen LogP contribution >= 0.6 is 0 Å². The molecule has 0 aliphatic carbocycles. The van der Waals surface area contributed by atoms with E-state index in [1.165, 1.54) is 0 Å². The summed E-state index contributed by atoms with van der Waals surface area (Å²) < 4.78 is 38.4. The molecule has 11 nitrogen and oxygen atoms in total. The average Bonchev–Trinajstić information content (AvgIpc) is 2.32. The van der Waals surface area contributed by atoms with Crippen molar-refractivity contribution < 1.29 is 41.7 Å². The quantitative estimate of drug-likeness (QED) is 0.254. The molecule has 0 aromatic rings. The first-order chi connectivity index (χ1) is 9.11. The van der Waals surface area contributed by atoms with Crippen molar-refractivity contribution in [3.05, 3.63) is 0 Å². The lowest BCUT2D eigenvalue weighted by atomic mass is 9.98. The second-order valence-electron chi connectivity index (χ2n) is 4.09. The minimum absolute atomic E-state index is 0.563. The van der Waals surface area contributed by atoms with E-state index in [9.17, 15) is 23.4 Å². The smallest absolute Gasteiger partial charge is 0.388 e. The van der Waals surface area contributed by atoms with Gasteiger partial charge in [0, 0.05) is 6.92 Å². The minimum atomic E-state index is -4.74. The molecule has 1 aliphatic heterocycles. The zero-order valence-electron chi connectivity index (χ0n) is 10.4. The van der Waals surface area contributed by atoms with Crippen LogP contribution in [0.1, 0.15) is 6.92 Å². The number of hydrogen-bond donors (Lipinski definition) is 5. The summed E-state index contributed by atoms with van der Waals surface area (Å²) in [7, 11) is -4.74. The fraction of sp³-hybridized carbons (Fsp3) is 0.875. The highest BCUT2D eigenvalue weighted by atomic mass is 32.3. The van der Waals surface area contributed by atoms with Crippen LogP contribution in [0.2, 0.25) is 0 Å². The Kier molecular flexibility index (Phi) is 5.79. The van der Waals surface area contributed by atoms with Crippen LogP contribution in [0.15, 0.2) is 0 Å². The van der Waals surface area contributed by atoms with E-state index >= 15 is 0 Å². The highest BCUT2D eigenvalue weighted by Crippen LogP contribution is 2.21. The number of nitrogens with one attached hydrogen (secondary N) is 1. The lowest BCUT2D eigenvalue weighted by Crippen LogP contribution is -2.63. The first-order valence-corrected chi connectivity index (χ1v) is 6.79. The molecule has 1 aliphatic rings. The van der Waals surface area contributed by atoms with Gasteiger partial charge in [0.1, 0.15) is 18.3 Å². The molecule has 1 saturated heterocycles. The molecule has 0 radical (unpaired) electrons. The maximum absolute atomic E-state index is 10.7. The summed E-state index contributed by atoms with van der Waals surface area (Å²) in [5, 5.41) is 19.3. The Bertz CT molecular complexity index is 441. The molecule has 20 heavy (non-hydrogen) atoms. The normalized spacial score (nSPS) is 34.8. The van der Waals surface area contributed by atoms with Gasteiger partial charge in [-0.1, -0.05) is 0 Å². The molecule has 0 saturated carbocycles. The maximum atomic E-state index is 10.7. The molecule has 1 fully saturated rings. The van der Waals surface area contributed by atoms with Crippen LogP contribution in [-0.4, -0.2) is 66.3 Å². The van der Waals surface area contributed by atoms with Gasteiger partial charge in [-0.3, -0.25) is 9.35 Å². The number of ether oxygens (including phenoxy) is 1. The molecule has 6 N–H and O–H groups in total. The predicted molar refractivity (Wildman–Crippen MR) is 61.1 cm³/mol. The van der Waals surface area contributed by atoms with Crippen molar-refractivity contribution in [3.8, 4) is 0 Å². The number of aliphatic hydroxyl groups is 2. The van der Waals surface area contributed by atoms with Crippen LogP contribution in [0.3, 0.4) is 0 Å². The van der Waals surface area contributed by atoms with Gasteiger partial charge < -0.3 is 20.7 Å². The Morgan fingerprint density at radius 3 is 2.50 bits per heavy atom. The SMILES string of the molecule is CC(=O)NOC1O[C@H](COS(=O)(=O)O)[C@H](O)[C@H](O)[C@H]1N. The van der Waals surface area contributed by atoms with E-state index in [2.05, 4.69) is 4.18 Å². The third kappa shape index (κ3) is 4.92. The van der Waals surface area contributed by atoms with Crippen molar-refractivity contribution in [1.82, 2.24) is 5.48 Å². The second-order valence-corrected chi connectivity index (χ2v) is 5.18. The van der Waals surface area contributed by atoms with Gasteiger partial charge in [0.05, 0.1) is 12.6 Å². The summed E-state index contributed by atoms with van der Waals surface area (Å²) in [6.45, 7) is 0.377. The lowest BCUT2D eigenvalue weighted by Gasteiger charge is -2.40. The fourth-order valence-corrected chi connectivity index (χ4v) is 1.80. The van der Waals surface area contributed by atoms with Gasteiger partial charge >= 0.3 is 10.4 Å². The van der Waals surface area contributed by atoms with E-state index in [-0.39, 0.29) is 0 Å². The monoisotopic (exact) mass is 316 g/mol. The summed E-state index contributed by atoms with van der Waals surface area (Å²) >= 11 is 0. The molecule has 5 atom stereocenters. The Labute approximate surface area is 114 Å². The van der Waals surface area contributed by atoms with Crippen molar-refractivity contribution in [1.29, 1.82) is 0 Å². The molecule has 1 amide bonds. The summed E-state index contributed by atoms with van der Waals surface area (Å²) in [6.07, 6.45) is -5.76. The van der Waals surface area contributed by atoms with E-state index in [4.69, 9.17) is 19.9 Å². The van der Waals surface area contributed by atoms with Crippen molar-refractivity contribution in [2.24, 2.45) is 5.73 Å². The number of amides is 1. The van der Waals surface area contributed by atoms with Crippen LogP contribution in [-0.2, 0) is 29.0 Å². The Morgan fingerprint density at radius 1 is 1.40 bits per heavy atom. The van der Waals surface area contributed by atoms with E-state index in [1.54, 1.807) is 0 Å². The zero-order chi connectivity index (χ0) is 15.5. The molecule has 12 heteroatoms. The molecular formula is C8H16N2O9S. The Hall–Kier alpha value is -0.860. The van der Waals surface area contributed by atoms with E-state index in [0.717, 1.165) is 6.92 Å². The van der Waals surface area contributed by atoms with Crippen LogP contribution in [0.4, 0.5) is 0 Å². The molecule has 0 bridgehead atoms. The lowest BCUT2D eigenvalue weighted by molar-refractivity contribution is -0.278. The zero-order valence-corrected chi connectivity index (χ0v) is 11.2. The molecule has 1 unspecified atom stereocenters. The van der Waals surface area contributed by atoms with Crippen molar-refractivity contribution in [2.75, 3.05) is 6.61 Å². The van der Waals surface area contributed by atoms with Crippen LogP contribution in [0.25, 0.3) is 0 Å². The summed E-state index contributed by atoms with van der Waals surface area (Å²) in [5.74, 6) is -0.563. The number of aliphatic hydroxyl groups excluding tert-OH is 2. The third-order valence-electron chi connectivity index (χ3n) is 2.45. The number of rotatable bonds is 5. The highest BCUT2D eigenvalue weighted by Gasteiger charge is 2.44. The van der Waals surface area contributed by atoms with Gasteiger partial charge in [0.25, 0.3) is 0 Å². The molecular weight excluding hydrogens is 300 g/mol. The molecule has 0 aromatic carbocycles. The number of hydrogen-bond acceptors (Lipinski definition) is 9. The summed E-state index contributed by atoms with van der Waals surface area (Å²) in [4.78, 5) is 15.4. The van der Waals surface area contributed by atoms with E-state index in [0.29, 0.717) is 0 Å². The number of hydroxylamine groups is 1. The van der Waals surface area contributed by atoms with Crippen molar-refractivity contribution in [3.63, 3.8) is 0 Å². The van der Waals surface area contributed by atoms with E-state index < -0.39 is 53.6 Å². The fourth-order valence-electron chi connectivity index (χ4n) is 1.49. The van der Waals surface area contributed by atoms with Gasteiger partial charge in [-0.25, -0.2) is 14.5 Å². The summed E-state index contributed by atoms with van der Waals surface area (Å²) in [6, 6.07) is -1.20. The standard InChI is InChI=1S/C8H16N2O9S/c1-3(11)10-19-8-5(9)7(13)6(12)4(18-8)2-17-20(14,15)16/h4-8,12-13H,2,9H2,1H3,(H,10,11)(H,14,15,16)/t4-,5-,6+,7-,8?/m1/s1. The minimum Gasteiger partial charge on any atom is -0.388 e. The van der Waals surface area contributed by atoms with Crippen LogP contribution < -0.4 is 11.2 Å².